The first-order chi connectivity index (χ1) is 12.7. The SMILES string of the molecule is CCOc1cc(C(=O)NC(c2cccs2)C(C)(C)C)c([N+](=O)[O-])cc1OC. The van der Waals surface area contributed by atoms with E-state index in [2.05, 4.69) is 5.32 Å². The van der Waals surface area contributed by atoms with E-state index in [0.717, 1.165) is 4.88 Å². The van der Waals surface area contributed by atoms with E-state index in [1.165, 1.54) is 30.6 Å². The maximum Gasteiger partial charge on any atom is 0.286 e. The highest BCUT2D eigenvalue weighted by Gasteiger charge is 2.32. The fraction of sp³-hybridized carbons (Fsp3) is 0.421. The third-order valence-electron chi connectivity index (χ3n) is 3.99. The van der Waals surface area contributed by atoms with Crippen molar-refractivity contribution < 1.29 is 19.2 Å². The van der Waals surface area contributed by atoms with Gasteiger partial charge in [0.15, 0.2) is 11.5 Å². The molecule has 0 aliphatic carbocycles. The molecule has 0 aliphatic rings. The standard InChI is InChI=1S/C19H24N2O5S/c1-6-26-15-10-12(13(21(23)24)11-14(15)25-5)18(22)20-17(19(2,3)4)16-8-7-9-27-16/h7-11,17H,6H2,1-5H3,(H,20,22). The average molecular weight is 392 g/mol. The molecule has 0 saturated carbocycles. The van der Waals surface area contributed by atoms with Crippen LogP contribution in [0.5, 0.6) is 11.5 Å². The Morgan fingerprint density at radius 1 is 1.33 bits per heavy atom. The summed E-state index contributed by atoms with van der Waals surface area (Å²) in [6, 6.07) is 6.14. The van der Waals surface area contributed by atoms with Crippen LogP contribution in [-0.4, -0.2) is 24.5 Å². The lowest BCUT2D eigenvalue weighted by Gasteiger charge is -2.30. The fourth-order valence-corrected chi connectivity index (χ4v) is 3.71. The van der Waals surface area contributed by atoms with E-state index >= 15 is 0 Å². The summed E-state index contributed by atoms with van der Waals surface area (Å²) in [5.41, 5.74) is -0.661. The van der Waals surface area contributed by atoms with Gasteiger partial charge in [0, 0.05) is 10.9 Å². The Kier molecular flexibility index (Phi) is 6.43. The minimum Gasteiger partial charge on any atom is -0.493 e. The Bertz CT molecular complexity index is 812. The molecule has 146 valence electrons. The van der Waals surface area contributed by atoms with Gasteiger partial charge in [-0.2, -0.15) is 0 Å². The molecule has 1 aromatic carbocycles. The molecule has 0 radical (unpaired) electrons. The number of hydrogen-bond donors (Lipinski definition) is 1. The molecule has 1 heterocycles. The molecule has 0 fully saturated rings. The number of amides is 1. The number of carbonyl (C=O) groups excluding carboxylic acids is 1. The molecule has 1 aromatic heterocycles. The van der Waals surface area contributed by atoms with Crippen LogP contribution in [0, 0.1) is 15.5 Å². The van der Waals surface area contributed by atoms with Crippen molar-refractivity contribution in [2.75, 3.05) is 13.7 Å². The molecular formula is C19H24N2O5S. The number of hydrogen-bond acceptors (Lipinski definition) is 6. The summed E-state index contributed by atoms with van der Waals surface area (Å²) in [7, 11) is 1.40. The van der Waals surface area contributed by atoms with E-state index in [0.29, 0.717) is 12.4 Å². The maximum atomic E-state index is 13.0. The zero-order valence-electron chi connectivity index (χ0n) is 16.1. The quantitative estimate of drug-likeness (QED) is 0.550. The number of rotatable bonds is 7. The zero-order valence-corrected chi connectivity index (χ0v) is 16.9. The molecule has 0 aliphatic heterocycles. The summed E-state index contributed by atoms with van der Waals surface area (Å²) in [4.78, 5) is 24.9. The summed E-state index contributed by atoms with van der Waals surface area (Å²) in [5, 5.41) is 16.4. The van der Waals surface area contributed by atoms with Crippen LogP contribution in [-0.2, 0) is 0 Å². The predicted molar refractivity (Wildman–Crippen MR) is 105 cm³/mol. The lowest BCUT2D eigenvalue weighted by atomic mass is 9.85. The molecule has 1 atom stereocenters. The van der Waals surface area contributed by atoms with E-state index in [4.69, 9.17) is 9.47 Å². The number of nitrogens with zero attached hydrogens (tertiary/aromatic N) is 1. The number of methoxy groups -OCH3 is 1. The van der Waals surface area contributed by atoms with Gasteiger partial charge in [-0.1, -0.05) is 26.8 Å². The van der Waals surface area contributed by atoms with Crippen molar-refractivity contribution in [3.63, 3.8) is 0 Å². The van der Waals surface area contributed by atoms with Crippen LogP contribution in [0.25, 0.3) is 0 Å². The van der Waals surface area contributed by atoms with E-state index in [9.17, 15) is 14.9 Å². The molecule has 2 rings (SSSR count). The monoisotopic (exact) mass is 392 g/mol. The second kappa shape index (κ2) is 8.39. The molecular weight excluding hydrogens is 368 g/mol. The van der Waals surface area contributed by atoms with Crippen LogP contribution in [0.1, 0.15) is 49.0 Å². The van der Waals surface area contributed by atoms with Crippen molar-refractivity contribution in [2.45, 2.75) is 33.7 Å². The Morgan fingerprint density at radius 2 is 2.04 bits per heavy atom. The van der Waals surface area contributed by atoms with Crippen molar-refractivity contribution in [1.29, 1.82) is 0 Å². The average Bonchev–Trinajstić information content (AvgIpc) is 3.12. The number of benzene rings is 1. The highest BCUT2D eigenvalue weighted by molar-refractivity contribution is 7.10. The van der Waals surface area contributed by atoms with Crippen LogP contribution in [0.3, 0.4) is 0 Å². The summed E-state index contributed by atoms with van der Waals surface area (Å²) < 4.78 is 10.6. The molecule has 7 nitrogen and oxygen atoms in total. The largest absolute Gasteiger partial charge is 0.493 e. The first-order valence-corrected chi connectivity index (χ1v) is 9.40. The van der Waals surface area contributed by atoms with Crippen molar-refractivity contribution in [3.05, 3.63) is 50.2 Å². The van der Waals surface area contributed by atoms with Gasteiger partial charge in [-0.3, -0.25) is 14.9 Å². The highest BCUT2D eigenvalue weighted by Crippen LogP contribution is 2.38. The van der Waals surface area contributed by atoms with E-state index in [-0.39, 0.29) is 28.5 Å². The Balaban J connectivity index is 2.47. The maximum absolute atomic E-state index is 13.0. The van der Waals surface area contributed by atoms with Gasteiger partial charge < -0.3 is 14.8 Å². The summed E-state index contributed by atoms with van der Waals surface area (Å²) in [5.74, 6) is -0.0245. The topological polar surface area (TPSA) is 90.7 Å². The van der Waals surface area contributed by atoms with E-state index in [1.54, 1.807) is 6.92 Å². The predicted octanol–water partition coefficient (Wildman–Crippen LogP) is 4.58. The van der Waals surface area contributed by atoms with Gasteiger partial charge in [0.1, 0.15) is 5.56 Å². The number of thiophene rings is 1. The van der Waals surface area contributed by atoms with E-state index < -0.39 is 10.8 Å². The van der Waals surface area contributed by atoms with Crippen LogP contribution >= 0.6 is 11.3 Å². The third kappa shape index (κ3) is 4.77. The molecule has 0 spiro atoms. The van der Waals surface area contributed by atoms with Crippen LogP contribution < -0.4 is 14.8 Å². The Labute approximate surface area is 162 Å². The molecule has 0 bridgehead atoms. The van der Waals surface area contributed by atoms with Crippen LogP contribution in [0.2, 0.25) is 0 Å². The lowest BCUT2D eigenvalue weighted by molar-refractivity contribution is -0.385. The van der Waals surface area contributed by atoms with Gasteiger partial charge in [0.2, 0.25) is 0 Å². The summed E-state index contributed by atoms with van der Waals surface area (Å²) in [6.45, 7) is 8.14. The molecule has 2 aromatic rings. The third-order valence-corrected chi connectivity index (χ3v) is 4.93. The molecule has 1 unspecified atom stereocenters. The highest BCUT2D eigenvalue weighted by atomic mass is 32.1. The second-order valence-electron chi connectivity index (χ2n) is 7.00. The van der Waals surface area contributed by atoms with Gasteiger partial charge in [-0.05, 0) is 23.8 Å². The zero-order chi connectivity index (χ0) is 20.2. The van der Waals surface area contributed by atoms with Crippen molar-refractivity contribution >= 4 is 22.9 Å². The minimum absolute atomic E-state index is 0.0601. The lowest BCUT2D eigenvalue weighted by Crippen LogP contribution is -2.36. The van der Waals surface area contributed by atoms with Gasteiger partial charge in [0.05, 0.1) is 30.7 Å². The van der Waals surface area contributed by atoms with Gasteiger partial charge in [-0.15, -0.1) is 11.3 Å². The first kappa shape index (κ1) is 20.7. The van der Waals surface area contributed by atoms with Crippen molar-refractivity contribution in [1.82, 2.24) is 5.32 Å². The molecule has 27 heavy (non-hydrogen) atoms. The first-order valence-electron chi connectivity index (χ1n) is 8.52. The number of carbonyl (C=O) groups is 1. The van der Waals surface area contributed by atoms with Gasteiger partial charge >= 0.3 is 0 Å². The summed E-state index contributed by atoms with van der Waals surface area (Å²) >= 11 is 1.53. The Hall–Kier alpha value is -2.61. The molecule has 1 amide bonds. The summed E-state index contributed by atoms with van der Waals surface area (Å²) in [6.07, 6.45) is 0. The fourth-order valence-electron chi connectivity index (χ4n) is 2.69. The number of ether oxygens (including phenoxy) is 2. The number of nitrogens with one attached hydrogen (secondary N) is 1. The number of nitro benzene ring substituents is 1. The van der Waals surface area contributed by atoms with Gasteiger partial charge in [-0.25, -0.2) is 0 Å². The Morgan fingerprint density at radius 3 is 2.52 bits per heavy atom. The van der Waals surface area contributed by atoms with Crippen LogP contribution in [0.15, 0.2) is 29.6 Å². The van der Waals surface area contributed by atoms with Crippen molar-refractivity contribution in [2.24, 2.45) is 5.41 Å². The van der Waals surface area contributed by atoms with E-state index in [1.807, 2.05) is 38.3 Å². The van der Waals surface area contributed by atoms with Gasteiger partial charge in [0.25, 0.3) is 11.6 Å². The minimum atomic E-state index is -0.593. The molecule has 1 N–H and O–H groups in total. The second-order valence-corrected chi connectivity index (χ2v) is 7.98. The number of nitro groups is 1. The normalized spacial score (nSPS) is 12.3. The van der Waals surface area contributed by atoms with Crippen LogP contribution in [0.4, 0.5) is 5.69 Å². The molecule has 0 saturated heterocycles. The smallest absolute Gasteiger partial charge is 0.286 e. The van der Waals surface area contributed by atoms with Crippen molar-refractivity contribution in [3.8, 4) is 11.5 Å². The molecule has 8 heteroatoms.